The summed E-state index contributed by atoms with van der Waals surface area (Å²) in [5.74, 6) is -1.25. The molecule has 10 heteroatoms. The fraction of sp³-hybridized carbons (Fsp3) is 0.400. The number of aldehydes is 1. The molecule has 1 fully saturated rings. The Morgan fingerprint density at radius 2 is 2.10 bits per heavy atom. The second-order valence-electron chi connectivity index (χ2n) is 7.45. The number of carbonyl (C=O) groups excluding carboxylic acids is 2. The monoisotopic (exact) mass is 415 g/mol. The minimum atomic E-state index is -0.714. The van der Waals surface area contributed by atoms with E-state index in [0.29, 0.717) is 19.4 Å². The van der Waals surface area contributed by atoms with E-state index in [0.717, 1.165) is 5.69 Å². The minimum absolute atomic E-state index is 0.0792. The predicted octanol–water partition coefficient (Wildman–Crippen LogP) is 2.06. The highest BCUT2D eigenvalue weighted by Crippen LogP contribution is 2.34. The van der Waals surface area contributed by atoms with Crippen LogP contribution in [-0.2, 0) is 18.3 Å². The molecule has 4 rings (SSSR count). The number of hydrogen-bond acceptors (Lipinski definition) is 7. The van der Waals surface area contributed by atoms with Gasteiger partial charge in [0.25, 0.3) is 5.91 Å². The number of morpholine rings is 1. The number of nitrogens with one attached hydrogen (secondary N) is 1. The van der Waals surface area contributed by atoms with Crippen LogP contribution in [-0.4, -0.2) is 52.4 Å². The van der Waals surface area contributed by atoms with Crippen molar-refractivity contribution in [2.75, 3.05) is 18.0 Å². The average Bonchev–Trinajstić information content (AvgIpc) is 3.31. The van der Waals surface area contributed by atoms with Crippen molar-refractivity contribution < 1.29 is 23.2 Å². The van der Waals surface area contributed by atoms with Crippen molar-refractivity contribution in [2.45, 2.75) is 32.6 Å². The first-order valence-corrected chi connectivity index (χ1v) is 9.61. The van der Waals surface area contributed by atoms with Crippen LogP contribution in [0.4, 0.5) is 10.1 Å². The van der Waals surface area contributed by atoms with E-state index in [-0.39, 0.29) is 46.7 Å². The number of carbonyl (C=O) groups is 2. The highest BCUT2D eigenvalue weighted by atomic mass is 19.1. The van der Waals surface area contributed by atoms with Crippen LogP contribution < -0.4 is 10.2 Å². The minimum Gasteiger partial charge on any atom is -0.372 e. The number of nitrogens with zero attached hydrogens (tertiary/aromatic N) is 4. The number of hydrogen-bond donors (Lipinski definition) is 1. The van der Waals surface area contributed by atoms with Gasteiger partial charge in [0.2, 0.25) is 5.58 Å². The Hall–Kier alpha value is -3.27. The number of aromatic nitrogens is 3. The first-order valence-electron chi connectivity index (χ1n) is 9.61. The quantitative estimate of drug-likeness (QED) is 0.636. The van der Waals surface area contributed by atoms with E-state index in [4.69, 9.17) is 9.26 Å². The zero-order valence-electron chi connectivity index (χ0n) is 16.9. The summed E-state index contributed by atoms with van der Waals surface area (Å²) in [6.07, 6.45) is 1.96. The molecule has 158 valence electrons. The molecule has 1 aliphatic rings. The van der Waals surface area contributed by atoms with Crippen molar-refractivity contribution in [3.63, 3.8) is 0 Å². The predicted molar refractivity (Wildman–Crippen MR) is 106 cm³/mol. The highest BCUT2D eigenvalue weighted by molar-refractivity contribution is 6.06. The van der Waals surface area contributed by atoms with E-state index in [1.807, 2.05) is 13.8 Å². The second kappa shape index (κ2) is 7.86. The Kier molecular flexibility index (Phi) is 5.25. The molecule has 30 heavy (non-hydrogen) atoms. The number of fused-ring (bicyclic) bond motifs is 1. The van der Waals surface area contributed by atoms with Crippen LogP contribution in [0.3, 0.4) is 0 Å². The second-order valence-corrected chi connectivity index (χ2v) is 7.45. The molecule has 1 aliphatic heterocycles. The Morgan fingerprint density at radius 1 is 1.37 bits per heavy atom. The van der Waals surface area contributed by atoms with E-state index in [2.05, 4.69) is 15.6 Å². The maximum absolute atomic E-state index is 15.4. The molecule has 1 amide bonds. The van der Waals surface area contributed by atoms with Gasteiger partial charge >= 0.3 is 0 Å². The molecule has 0 radical (unpaired) electrons. The highest BCUT2D eigenvalue weighted by Gasteiger charge is 2.30. The molecular weight excluding hydrogens is 393 g/mol. The van der Waals surface area contributed by atoms with Gasteiger partial charge < -0.3 is 19.5 Å². The van der Waals surface area contributed by atoms with Crippen molar-refractivity contribution >= 4 is 28.8 Å². The molecule has 0 unspecified atom stereocenters. The lowest BCUT2D eigenvalue weighted by Gasteiger charge is -2.37. The standard InChI is InChI=1S/C20H22FN5O4/c1-11-8-26(9-12(2)29-11)18-13(10-27)6-15-17(24-30-19(15)16(18)21)20(28)22-7-14-4-5-23-25(14)3/h4-6,10-12H,7-9H2,1-3H3,(H,22,28)/t11-,12+. The Balaban J connectivity index is 1.68. The molecule has 0 saturated carbocycles. The summed E-state index contributed by atoms with van der Waals surface area (Å²) in [5, 5.41) is 10.7. The number of aryl methyl sites for hydroxylation is 1. The van der Waals surface area contributed by atoms with Crippen molar-refractivity contribution in [1.82, 2.24) is 20.3 Å². The molecule has 0 bridgehead atoms. The maximum atomic E-state index is 15.4. The summed E-state index contributed by atoms with van der Waals surface area (Å²) in [7, 11) is 1.76. The van der Waals surface area contributed by atoms with E-state index in [9.17, 15) is 9.59 Å². The molecule has 0 spiro atoms. The molecule has 1 saturated heterocycles. The van der Waals surface area contributed by atoms with E-state index in [1.165, 1.54) is 6.07 Å². The summed E-state index contributed by atoms with van der Waals surface area (Å²) in [6, 6.07) is 3.21. The molecule has 3 heterocycles. The van der Waals surface area contributed by atoms with Crippen molar-refractivity contribution in [1.29, 1.82) is 0 Å². The number of anilines is 1. The summed E-state index contributed by atoms with van der Waals surface area (Å²) in [5.41, 5.74) is 0.814. The number of ether oxygens (including phenoxy) is 1. The third-order valence-electron chi connectivity index (χ3n) is 5.14. The van der Waals surface area contributed by atoms with Gasteiger partial charge in [-0.15, -0.1) is 0 Å². The van der Waals surface area contributed by atoms with Crippen LogP contribution in [0, 0.1) is 5.82 Å². The summed E-state index contributed by atoms with van der Waals surface area (Å²) < 4.78 is 27.9. The largest absolute Gasteiger partial charge is 0.372 e. The molecule has 0 aliphatic carbocycles. The van der Waals surface area contributed by atoms with Crippen molar-refractivity contribution in [2.24, 2.45) is 7.05 Å². The van der Waals surface area contributed by atoms with Gasteiger partial charge in [0.15, 0.2) is 17.8 Å². The molecule has 2 atom stereocenters. The lowest BCUT2D eigenvalue weighted by molar-refractivity contribution is -0.00543. The van der Waals surface area contributed by atoms with Gasteiger partial charge in [0.05, 0.1) is 35.5 Å². The fourth-order valence-corrected chi connectivity index (χ4v) is 3.81. The van der Waals surface area contributed by atoms with Crippen molar-refractivity contribution in [3.05, 3.63) is 41.1 Å². The Bertz CT molecular complexity index is 1100. The summed E-state index contributed by atoms with van der Waals surface area (Å²) in [4.78, 5) is 26.1. The van der Waals surface area contributed by atoms with E-state index in [1.54, 1.807) is 28.9 Å². The summed E-state index contributed by atoms with van der Waals surface area (Å²) in [6.45, 7) is 4.85. The van der Waals surface area contributed by atoms with Crippen molar-refractivity contribution in [3.8, 4) is 0 Å². The van der Waals surface area contributed by atoms with E-state index >= 15 is 4.39 Å². The first kappa shape index (κ1) is 20.0. The van der Waals surface area contributed by atoms with Gasteiger partial charge in [-0.3, -0.25) is 14.3 Å². The van der Waals surface area contributed by atoms with Crippen LogP contribution in [0.2, 0.25) is 0 Å². The van der Waals surface area contributed by atoms with E-state index < -0.39 is 11.7 Å². The van der Waals surface area contributed by atoms with Gasteiger partial charge in [0.1, 0.15) is 0 Å². The molecular formula is C20H22FN5O4. The average molecular weight is 415 g/mol. The first-order chi connectivity index (χ1) is 14.4. The smallest absolute Gasteiger partial charge is 0.274 e. The summed E-state index contributed by atoms with van der Waals surface area (Å²) >= 11 is 0. The van der Waals surface area contributed by atoms with Crippen LogP contribution in [0.5, 0.6) is 0 Å². The van der Waals surface area contributed by atoms with Gasteiger partial charge in [-0.05, 0) is 26.0 Å². The zero-order chi connectivity index (χ0) is 21.4. The fourth-order valence-electron chi connectivity index (χ4n) is 3.81. The van der Waals surface area contributed by atoms with Gasteiger partial charge in [0, 0.05) is 31.9 Å². The third-order valence-corrected chi connectivity index (χ3v) is 5.14. The third kappa shape index (κ3) is 3.54. The maximum Gasteiger partial charge on any atom is 0.274 e. The number of rotatable bonds is 5. The van der Waals surface area contributed by atoms with Crippen LogP contribution in [0.15, 0.2) is 22.9 Å². The Labute approximate surface area is 171 Å². The zero-order valence-corrected chi connectivity index (χ0v) is 16.9. The Morgan fingerprint density at radius 3 is 2.73 bits per heavy atom. The molecule has 3 aromatic rings. The number of halogens is 1. The van der Waals surface area contributed by atoms with Gasteiger partial charge in [-0.2, -0.15) is 5.10 Å². The molecule has 9 nitrogen and oxygen atoms in total. The molecule has 2 aromatic heterocycles. The van der Waals surface area contributed by atoms with Crippen LogP contribution in [0.25, 0.3) is 11.0 Å². The van der Waals surface area contributed by atoms with Gasteiger partial charge in [-0.1, -0.05) is 5.16 Å². The molecule has 1 N–H and O–H groups in total. The lowest BCUT2D eigenvalue weighted by Crippen LogP contribution is -2.46. The number of benzene rings is 1. The number of amides is 1. The lowest BCUT2D eigenvalue weighted by atomic mass is 10.1. The normalized spacial score (nSPS) is 19.3. The SMILES string of the molecule is C[C@@H]1CN(c2c(C=O)cc3c(C(=O)NCc4ccnn4C)noc3c2F)C[C@H](C)O1. The van der Waals surface area contributed by atoms with Gasteiger partial charge in [-0.25, -0.2) is 4.39 Å². The molecule has 1 aromatic carbocycles. The van der Waals surface area contributed by atoms with Crippen LogP contribution >= 0.6 is 0 Å². The topological polar surface area (TPSA) is 102 Å². The van der Waals surface area contributed by atoms with Crippen LogP contribution in [0.1, 0.15) is 40.4 Å².